The first-order chi connectivity index (χ1) is 10.1. The summed E-state index contributed by atoms with van der Waals surface area (Å²) in [6, 6.07) is 10.6. The Bertz CT molecular complexity index is 514. The molecule has 120 valence electrons. The number of hydrogen-bond acceptors (Lipinski definition) is 2. The molecule has 1 aromatic rings. The summed E-state index contributed by atoms with van der Waals surface area (Å²) in [6.07, 6.45) is 2.32. The third-order valence-corrected chi connectivity index (χ3v) is 4.96. The molecular formula is C19H29BO2. The molecule has 1 aliphatic heterocycles. The molecule has 0 N–H and O–H groups in total. The highest BCUT2D eigenvalue weighted by atomic mass is 16.7. The van der Waals surface area contributed by atoms with Gasteiger partial charge in [-0.3, -0.25) is 0 Å². The molecule has 0 amide bonds. The molecule has 2 rings (SSSR count). The van der Waals surface area contributed by atoms with Gasteiger partial charge in [0.25, 0.3) is 0 Å². The van der Waals surface area contributed by atoms with Crippen LogP contribution in [0.5, 0.6) is 0 Å². The second-order valence-electron chi connectivity index (χ2n) is 7.66. The lowest BCUT2D eigenvalue weighted by atomic mass is 9.64. The van der Waals surface area contributed by atoms with Crippen molar-refractivity contribution in [2.24, 2.45) is 0 Å². The third kappa shape index (κ3) is 3.47. The lowest BCUT2D eigenvalue weighted by Crippen LogP contribution is -2.41. The molecule has 1 heterocycles. The zero-order chi connectivity index (χ0) is 16.5. The normalized spacial score (nSPS) is 22.2. The minimum absolute atomic E-state index is 0.189. The molecule has 1 aliphatic rings. The van der Waals surface area contributed by atoms with E-state index in [0.717, 1.165) is 0 Å². The molecule has 1 saturated heterocycles. The van der Waals surface area contributed by atoms with Crippen LogP contribution in [0.25, 0.3) is 0 Å². The molecular weight excluding hydrogens is 271 g/mol. The van der Waals surface area contributed by atoms with E-state index in [1.807, 2.05) is 0 Å². The molecule has 2 atom stereocenters. The summed E-state index contributed by atoms with van der Waals surface area (Å²) < 4.78 is 12.5. The van der Waals surface area contributed by atoms with Crippen molar-refractivity contribution in [1.82, 2.24) is 0 Å². The Morgan fingerprint density at radius 2 is 1.50 bits per heavy atom. The van der Waals surface area contributed by atoms with Crippen LogP contribution in [0.2, 0.25) is 5.82 Å². The quantitative estimate of drug-likeness (QED) is 0.560. The minimum atomic E-state index is -0.280. The average Bonchev–Trinajstić information content (AvgIpc) is 2.65. The fourth-order valence-corrected chi connectivity index (χ4v) is 2.86. The average molecular weight is 300 g/mol. The first-order valence-electron chi connectivity index (χ1n) is 8.20. The maximum Gasteiger partial charge on any atom is 0.461 e. The summed E-state index contributed by atoms with van der Waals surface area (Å²) in [5.41, 5.74) is 2.07. The fraction of sp³-hybridized carbons (Fsp3) is 0.579. The molecule has 22 heavy (non-hydrogen) atoms. The Labute approximate surface area is 136 Å². The lowest BCUT2D eigenvalue weighted by Gasteiger charge is -2.32. The van der Waals surface area contributed by atoms with Gasteiger partial charge < -0.3 is 9.31 Å². The van der Waals surface area contributed by atoms with Gasteiger partial charge in [0.05, 0.1) is 11.2 Å². The Hall–Kier alpha value is -1.06. The van der Waals surface area contributed by atoms with Crippen LogP contribution in [0.3, 0.4) is 0 Å². The molecule has 1 aromatic carbocycles. The van der Waals surface area contributed by atoms with Crippen molar-refractivity contribution in [3.63, 3.8) is 0 Å². The molecule has 0 spiro atoms. The minimum Gasteiger partial charge on any atom is -0.403 e. The van der Waals surface area contributed by atoms with Crippen molar-refractivity contribution in [3.05, 3.63) is 47.5 Å². The topological polar surface area (TPSA) is 18.5 Å². The second-order valence-corrected chi connectivity index (χ2v) is 7.66. The molecule has 0 bridgehead atoms. The van der Waals surface area contributed by atoms with E-state index >= 15 is 0 Å². The van der Waals surface area contributed by atoms with E-state index in [0.29, 0.717) is 5.92 Å². The van der Waals surface area contributed by atoms with Gasteiger partial charge >= 0.3 is 7.12 Å². The Morgan fingerprint density at radius 3 is 1.95 bits per heavy atom. The van der Waals surface area contributed by atoms with Crippen LogP contribution in [-0.2, 0) is 9.31 Å². The van der Waals surface area contributed by atoms with Crippen molar-refractivity contribution < 1.29 is 9.31 Å². The van der Waals surface area contributed by atoms with Gasteiger partial charge in [0.15, 0.2) is 0 Å². The van der Waals surface area contributed by atoms with E-state index in [2.05, 4.69) is 84.9 Å². The lowest BCUT2D eigenvalue weighted by molar-refractivity contribution is 0.00578. The standard InChI is InChI=1S/C19H29BO2/c1-14(2)13-17(16-11-9-8-10-12-16)15(3)20-21-18(4,5)19(6,7)22-20/h8-13,15,17H,1-7H3/t15-,17+/m1/s1. The summed E-state index contributed by atoms with van der Waals surface area (Å²) in [5.74, 6) is 0.541. The zero-order valence-corrected chi connectivity index (χ0v) is 15.0. The predicted molar refractivity (Wildman–Crippen MR) is 94.1 cm³/mol. The van der Waals surface area contributed by atoms with Crippen molar-refractivity contribution in [3.8, 4) is 0 Å². The van der Waals surface area contributed by atoms with E-state index in [1.165, 1.54) is 11.1 Å². The SMILES string of the molecule is CC(C)=C[C@H](c1ccccc1)[C@@H](C)B1OC(C)(C)C(C)(C)O1. The highest BCUT2D eigenvalue weighted by Gasteiger charge is 2.53. The molecule has 1 fully saturated rings. The van der Waals surface area contributed by atoms with Crippen molar-refractivity contribution >= 4 is 7.12 Å². The highest BCUT2D eigenvalue weighted by molar-refractivity contribution is 6.47. The summed E-state index contributed by atoms with van der Waals surface area (Å²) in [4.78, 5) is 0. The molecule has 0 aromatic heterocycles. The Balaban J connectivity index is 2.28. The number of allylic oxidation sites excluding steroid dienone is 2. The van der Waals surface area contributed by atoms with E-state index in [1.54, 1.807) is 0 Å². The van der Waals surface area contributed by atoms with Gasteiger partial charge in [0.2, 0.25) is 0 Å². The molecule has 0 aliphatic carbocycles. The van der Waals surface area contributed by atoms with E-state index < -0.39 is 0 Å². The van der Waals surface area contributed by atoms with Crippen LogP contribution < -0.4 is 0 Å². The maximum atomic E-state index is 6.26. The summed E-state index contributed by atoms with van der Waals surface area (Å²) in [6.45, 7) is 15.0. The second kappa shape index (κ2) is 6.21. The van der Waals surface area contributed by atoms with Gasteiger partial charge in [0, 0.05) is 11.7 Å². The first-order valence-corrected chi connectivity index (χ1v) is 8.20. The maximum absolute atomic E-state index is 6.26. The van der Waals surface area contributed by atoms with Crippen molar-refractivity contribution in [2.45, 2.75) is 71.4 Å². The van der Waals surface area contributed by atoms with E-state index in [9.17, 15) is 0 Å². The number of rotatable bonds is 4. The summed E-state index contributed by atoms with van der Waals surface area (Å²) in [5, 5.41) is 0. The van der Waals surface area contributed by atoms with Crippen LogP contribution in [-0.4, -0.2) is 18.3 Å². The van der Waals surface area contributed by atoms with Gasteiger partial charge in [-0.15, -0.1) is 0 Å². The first kappa shape index (κ1) is 17.3. The largest absolute Gasteiger partial charge is 0.461 e. The number of hydrogen-bond donors (Lipinski definition) is 0. The third-order valence-electron chi connectivity index (χ3n) is 4.96. The van der Waals surface area contributed by atoms with E-state index in [4.69, 9.17) is 9.31 Å². The monoisotopic (exact) mass is 300 g/mol. The van der Waals surface area contributed by atoms with Gasteiger partial charge in [-0.1, -0.05) is 48.9 Å². The predicted octanol–water partition coefficient (Wildman–Crippen LogP) is 5.22. The summed E-state index contributed by atoms with van der Waals surface area (Å²) >= 11 is 0. The van der Waals surface area contributed by atoms with Gasteiger partial charge in [0.1, 0.15) is 0 Å². The van der Waals surface area contributed by atoms with Crippen molar-refractivity contribution in [2.75, 3.05) is 0 Å². The van der Waals surface area contributed by atoms with Crippen LogP contribution in [0.15, 0.2) is 42.0 Å². The van der Waals surface area contributed by atoms with Crippen LogP contribution >= 0.6 is 0 Å². The zero-order valence-electron chi connectivity index (χ0n) is 15.0. The Kier molecular flexibility index (Phi) is 4.89. The van der Waals surface area contributed by atoms with Crippen LogP contribution in [0, 0.1) is 0 Å². The smallest absolute Gasteiger partial charge is 0.403 e. The van der Waals surface area contributed by atoms with Crippen LogP contribution in [0.1, 0.15) is 59.9 Å². The van der Waals surface area contributed by atoms with Gasteiger partial charge in [-0.25, -0.2) is 0 Å². The fourth-order valence-electron chi connectivity index (χ4n) is 2.86. The van der Waals surface area contributed by atoms with E-state index in [-0.39, 0.29) is 24.1 Å². The van der Waals surface area contributed by atoms with Crippen molar-refractivity contribution in [1.29, 1.82) is 0 Å². The summed E-state index contributed by atoms with van der Waals surface area (Å²) in [7, 11) is -0.189. The van der Waals surface area contributed by atoms with Crippen LogP contribution in [0.4, 0.5) is 0 Å². The molecule has 2 nitrogen and oxygen atoms in total. The van der Waals surface area contributed by atoms with Gasteiger partial charge in [-0.05, 0) is 47.1 Å². The molecule has 3 heteroatoms. The molecule has 0 unspecified atom stereocenters. The highest BCUT2D eigenvalue weighted by Crippen LogP contribution is 2.44. The van der Waals surface area contributed by atoms with Gasteiger partial charge in [-0.2, -0.15) is 0 Å². The molecule has 0 radical (unpaired) electrons. The number of benzene rings is 1. The Morgan fingerprint density at radius 1 is 1.00 bits per heavy atom. The molecule has 0 saturated carbocycles.